The number of H-pyrrole nitrogens is 1. The van der Waals surface area contributed by atoms with E-state index in [1.165, 1.54) is 0 Å². The number of rotatable bonds is 6. The van der Waals surface area contributed by atoms with E-state index in [4.69, 9.17) is 4.74 Å². The van der Waals surface area contributed by atoms with E-state index in [1.54, 1.807) is 19.8 Å². The molecule has 0 aliphatic rings. The van der Waals surface area contributed by atoms with Gasteiger partial charge in [0.2, 0.25) is 0 Å². The number of imidazole rings is 1. The van der Waals surface area contributed by atoms with Crippen molar-refractivity contribution >= 4 is 12.0 Å². The largest absolute Gasteiger partial charge is 0.383 e. The number of hydrogen-bond donors (Lipinski definition) is 2. The van der Waals surface area contributed by atoms with E-state index in [9.17, 15) is 0 Å². The quantitative estimate of drug-likeness (QED) is 0.464. The molecule has 0 bridgehead atoms. The van der Waals surface area contributed by atoms with Gasteiger partial charge >= 0.3 is 0 Å². The fraction of sp³-hybridized carbons (Fsp3) is 0.231. The molecule has 2 rings (SSSR count). The van der Waals surface area contributed by atoms with E-state index in [2.05, 4.69) is 20.3 Å². The minimum Gasteiger partial charge on any atom is -0.383 e. The predicted molar refractivity (Wildman–Crippen MR) is 72.1 cm³/mol. The van der Waals surface area contributed by atoms with Crippen molar-refractivity contribution in [3.8, 4) is 11.3 Å². The van der Waals surface area contributed by atoms with Crippen LogP contribution in [0.5, 0.6) is 0 Å². The van der Waals surface area contributed by atoms with Crippen LogP contribution >= 0.6 is 0 Å². The van der Waals surface area contributed by atoms with Crippen LogP contribution < -0.4 is 5.32 Å². The highest BCUT2D eigenvalue weighted by molar-refractivity contribution is 5.64. The molecular formula is C13H16N4O. The van der Waals surface area contributed by atoms with Gasteiger partial charge in [0.25, 0.3) is 0 Å². The average Bonchev–Trinajstić information content (AvgIpc) is 2.93. The predicted octanol–water partition coefficient (Wildman–Crippen LogP) is 1.97. The van der Waals surface area contributed by atoms with Gasteiger partial charge in [0.1, 0.15) is 0 Å². The van der Waals surface area contributed by atoms with Crippen LogP contribution in [0.15, 0.2) is 41.8 Å². The summed E-state index contributed by atoms with van der Waals surface area (Å²) in [6, 6.07) is 7.91. The zero-order valence-electron chi connectivity index (χ0n) is 10.3. The Hall–Kier alpha value is -2.14. The van der Waals surface area contributed by atoms with Gasteiger partial charge in [-0.2, -0.15) is 0 Å². The van der Waals surface area contributed by atoms with Gasteiger partial charge in [0.15, 0.2) is 0 Å². The summed E-state index contributed by atoms with van der Waals surface area (Å²) < 4.78 is 4.92. The summed E-state index contributed by atoms with van der Waals surface area (Å²) in [7, 11) is 1.67. The van der Waals surface area contributed by atoms with E-state index < -0.39 is 0 Å². The summed E-state index contributed by atoms with van der Waals surface area (Å²) in [5.41, 5.74) is 2.91. The molecule has 1 aromatic heterocycles. The van der Waals surface area contributed by atoms with Crippen LogP contribution in [0.25, 0.3) is 11.3 Å². The molecular weight excluding hydrogens is 228 g/mol. The van der Waals surface area contributed by atoms with Crippen LogP contribution in [0.3, 0.4) is 0 Å². The minimum absolute atomic E-state index is 0.671. The van der Waals surface area contributed by atoms with Gasteiger partial charge in [-0.05, 0) is 12.1 Å². The zero-order valence-corrected chi connectivity index (χ0v) is 10.3. The number of aromatic amines is 1. The first-order chi connectivity index (χ1) is 8.90. The fourth-order valence-electron chi connectivity index (χ4n) is 1.48. The third kappa shape index (κ3) is 3.43. The molecule has 0 aliphatic heterocycles. The molecule has 1 aromatic carbocycles. The number of methoxy groups -OCH3 is 1. The van der Waals surface area contributed by atoms with Crippen molar-refractivity contribution in [1.82, 2.24) is 15.3 Å². The number of benzene rings is 1. The summed E-state index contributed by atoms with van der Waals surface area (Å²) in [5.74, 6) is 0. The molecule has 0 fully saturated rings. The summed E-state index contributed by atoms with van der Waals surface area (Å²) >= 11 is 0. The molecule has 1 heterocycles. The van der Waals surface area contributed by atoms with E-state index in [1.807, 2.05) is 30.5 Å². The molecule has 5 heteroatoms. The molecule has 18 heavy (non-hydrogen) atoms. The molecule has 2 aromatic rings. The van der Waals surface area contributed by atoms with Crippen molar-refractivity contribution in [3.05, 3.63) is 36.8 Å². The third-order valence-corrected chi connectivity index (χ3v) is 2.42. The molecule has 0 spiro atoms. The monoisotopic (exact) mass is 244 g/mol. The molecule has 0 amide bonds. The number of aromatic nitrogens is 2. The van der Waals surface area contributed by atoms with Crippen LogP contribution in [0.4, 0.5) is 5.69 Å². The first kappa shape index (κ1) is 12.3. The number of nitrogens with one attached hydrogen (secondary N) is 2. The van der Waals surface area contributed by atoms with E-state index in [0.29, 0.717) is 6.61 Å². The molecule has 94 valence electrons. The standard InChI is InChI=1S/C13H16N4O/c1-18-7-6-14-9-16-12-4-2-11(3-5-12)13-8-15-10-17-13/h2-5,8-10H,6-7H2,1H3,(H,14,16)(H,15,17). The second-order valence-electron chi connectivity index (χ2n) is 3.71. The highest BCUT2D eigenvalue weighted by Gasteiger charge is 1.98. The lowest BCUT2D eigenvalue weighted by atomic mass is 10.1. The lowest BCUT2D eigenvalue weighted by Gasteiger charge is -1.99. The summed E-state index contributed by atoms with van der Waals surface area (Å²) in [4.78, 5) is 11.4. The van der Waals surface area contributed by atoms with Crippen LogP contribution in [0, 0.1) is 0 Å². The van der Waals surface area contributed by atoms with Gasteiger partial charge in [-0.3, -0.25) is 0 Å². The maximum Gasteiger partial charge on any atom is 0.0927 e. The first-order valence-electron chi connectivity index (χ1n) is 5.74. The highest BCUT2D eigenvalue weighted by atomic mass is 16.5. The lowest BCUT2D eigenvalue weighted by Crippen LogP contribution is -2.16. The van der Waals surface area contributed by atoms with E-state index >= 15 is 0 Å². The van der Waals surface area contributed by atoms with Crippen LogP contribution in [-0.4, -0.2) is 36.6 Å². The van der Waals surface area contributed by atoms with Crippen LogP contribution in [-0.2, 0) is 4.74 Å². The fourth-order valence-corrected chi connectivity index (χ4v) is 1.48. The Morgan fingerprint density at radius 2 is 2.22 bits per heavy atom. The number of aliphatic imine (C=N–C) groups is 1. The molecule has 0 saturated heterocycles. The van der Waals surface area contributed by atoms with Gasteiger partial charge in [-0.1, -0.05) is 12.1 Å². The van der Waals surface area contributed by atoms with Crippen molar-refractivity contribution in [2.45, 2.75) is 0 Å². The van der Waals surface area contributed by atoms with Crippen molar-refractivity contribution in [1.29, 1.82) is 0 Å². The van der Waals surface area contributed by atoms with Crippen LogP contribution in [0.2, 0.25) is 0 Å². The topological polar surface area (TPSA) is 62.3 Å². The summed E-state index contributed by atoms with van der Waals surface area (Å²) in [6.45, 7) is 1.43. The Balaban J connectivity index is 1.92. The highest BCUT2D eigenvalue weighted by Crippen LogP contribution is 2.19. The van der Waals surface area contributed by atoms with Crippen molar-refractivity contribution in [2.75, 3.05) is 20.3 Å². The van der Waals surface area contributed by atoms with Gasteiger partial charge in [0.05, 0.1) is 30.7 Å². The van der Waals surface area contributed by atoms with Gasteiger partial charge in [-0.15, -0.1) is 0 Å². The molecule has 0 radical (unpaired) electrons. The van der Waals surface area contributed by atoms with E-state index in [-0.39, 0.29) is 0 Å². The van der Waals surface area contributed by atoms with Gasteiger partial charge in [-0.25, -0.2) is 9.98 Å². The molecule has 0 saturated carbocycles. The smallest absolute Gasteiger partial charge is 0.0927 e. The average molecular weight is 244 g/mol. The van der Waals surface area contributed by atoms with Crippen molar-refractivity contribution < 1.29 is 4.74 Å². The maximum absolute atomic E-state index is 4.92. The normalized spacial score (nSPS) is 10.9. The van der Waals surface area contributed by atoms with Gasteiger partial charge < -0.3 is 15.0 Å². The summed E-state index contributed by atoms with van der Waals surface area (Å²) in [5, 5.41) is 3.04. The molecule has 2 N–H and O–H groups in total. The second kappa shape index (κ2) is 6.56. The Labute approximate surface area is 106 Å². The minimum atomic E-state index is 0.671. The first-order valence-corrected chi connectivity index (χ1v) is 5.74. The molecule has 0 unspecified atom stereocenters. The maximum atomic E-state index is 4.92. The Morgan fingerprint density at radius 1 is 1.39 bits per heavy atom. The Morgan fingerprint density at radius 3 is 2.89 bits per heavy atom. The van der Waals surface area contributed by atoms with Crippen LogP contribution in [0.1, 0.15) is 0 Å². The zero-order chi connectivity index (χ0) is 12.6. The SMILES string of the molecule is COCCNC=Nc1ccc(-c2c[nH]cn2)cc1. The summed E-state index contributed by atoms with van der Waals surface area (Å²) in [6.07, 6.45) is 5.22. The molecule has 0 atom stereocenters. The molecule has 5 nitrogen and oxygen atoms in total. The van der Waals surface area contributed by atoms with Gasteiger partial charge in [0, 0.05) is 25.4 Å². The Kier molecular flexibility index (Phi) is 4.49. The number of ether oxygens (including phenoxy) is 1. The molecule has 0 aliphatic carbocycles. The van der Waals surface area contributed by atoms with Crippen molar-refractivity contribution in [2.24, 2.45) is 4.99 Å². The lowest BCUT2D eigenvalue weighted by molar-refractivity contribution is 0.204. The van der Waals surface area contributed by atoms with Crippen molar-refractivity contribution in [3.63, 3.8) is 0 Å². The Bertz CT molecular complexity index is 476. The second-order valence-corrected chi connectivity index (χ2v) is 3.71. The third-order valence-electron chi connectivity index (χ3n) is 2.42. The van der Waals surface area contributed by atoms with E-state index in [0.717, 1.165) is 23.5 Å². The number of hydrogen-bond acceptors (Lipinski definition) is 3. The number of nitrogens with zero attached hydrogens (tertiary/aromatic N) is 2.